The van der Waals surface area contributed by atoms with E-state index in [1.807, 2.05) is 56.0 Å². The predicted octanol–water partition coefficient (Wildman–Crippen LogP) is 4.93. The van der Waals surface area contributed by atoms with Crippen LogP contribution in [0.5, 0.6) is 0 Å². The summed E-state index contributed by atoms with van der Waals surface area (Å²) >= 11 is 0. The van der Waals surface area contributed by atoms with Gasteiger partial charge in [0.05, 0.1) is 6.10 Å². The molecule has 0 aromatic heterocycles. The number of carbonyl (C=O) groups excluding carboxylic acids is 1. The monoisotopic (exact) mass is 347 g/mol. The van der Waals surface area contributed by atoms with Crippen LogP contribution in [0.1, 0.15) is 71.0 Å². The molecule has 1 amide bonds. The van der Waals surface area contributed by atoms with Gasteiger partial charge in [0.2, 0.25) is 0 Å². The first-order valence-electron chi connectivity index (χ1n) is 9.56. The smallest absolute Gasteiger partial charge is 0.410 e. The van der Waals surface area contributed by atoms with Gasteiger partial charge in [-0.1, -0.05) is 49.6 Å². The summed E-state index contributed by atoms with van der Waals surface area (Å²) in [5, 5.41) is 10.2. The van der Waals surface area contributed by atoms with Gasteiger partial charge in [-0.15, -0.1) is 0 Å². The highest BCUT2D eigenvalue weighted by Gasteiger charge is 2.26. The summed E-state index contributed by atoms with van der Waals surface area (Å²) in [5.41, 5.74) is 0.584. The third-order valence-corrected chi connectivity index (χ3v) is 4.79. The minimum absolute atomic E-state index is 0.183. The van der Waals surface area contributed by atoms with Crippen molar-refractivity contribution in [3.8, 4) is 0 Å². The van der Waals surface area contributed by atoms with Crippen molar-refractivity contribution in [3.63, 3.8) is 0 Å². The molecule has 1 saturated heterocycles. The topological polar surface area (TPSA) is 49.8 Å². The van der Waals surface area contributed by atoms with Gasteiger partial charge in [-0.3, -0.25) is 0 Å². The van der Waals surface area contributed by atoms with Crippen molar-refractivity contribution in [1.29, 1.82) is 0 Å². The van der Waals surface area contributed by atoms with E-state index in [9.17, 15) is 9.90 Å². The van der Waals surface area contributed by atoms with Crippen LogP contribution in [0.25, 0.3) is 0 Å². The summed E-state index contributed by atoms with van der Waals surface area (Å²) in [6.45, 7) is 7.31. The number of ether oxygens (including phenoxy) is 1. The number of aliphatic hydroxyl groups excluding tert-OH is 1. The average molecular weight is 347 g/mol. The van der Waals surface area contributed by atoms with E-state index < -0.39 is 5.60 Å². The lowest BCUT2D eigenvalue weighted by atomic mass is 9.91. The zero-order chi connectivity index (χ0) is 18.3. The van der Waals surface area contributed by atoms with Gasteiger partial charge in [-0.05, 0) is 51.5 Å². The molecule has 1 aliphatic heterocycles. The van der Waals surface area contributed by atoms with Crippen molar-refractivity contribution in [1.82, 2.24) is 4.90 Å². The molecule has 0 saturated carbocycles. The minimum atomic E-state index is -0.423. The highest BCUT2D eigenvalue weighted by atomic mass is 16.6. The lowest BCUT2D eigenvalue weighted by molar-refractivity contribution is 0.0180. The van der Waals surface area contributed by atoms with Gasteiger partial charge in [0.1, 0.15) is 5.60 Å². The number of hydrogen-bond donors (Lipinski definition) is 1. The molecule has 0 unspecified atom stereocenters. The van der Waals surface area contributed by atoms with Crippen LogP contribution in [0.3, 0.4) is 0 Å². The Morgan fingerprint density at radius 1 is 1.20 bits per heavy atom. The lowest BCUT2D eigenvalue weighted by Crippen LogP contribution is -2.41. The molecular formula is C21H33NO3. The molecule has 4 nitrogen and oxygen atoms in total. The van der Waals surface area contributed by atoms with Crippen LogP contribution >= 0.6 is 0 Å². The van der Waals surface area contributed by atoms with E-state index in [4.69, 9.17) is 4.74 Å². The summed E-state index contributed by atoms with van der Waals surface area (Å²) < 4.78 is 5.44. The Bertz CT molecular complexity index is 516. The fourth-order valence-corrected chi connectivity index (χ4v) is 3.34. The number of rotatable bonds is 6. The zero-order valence-corrected chi connectivity index (χ0v) is 15.9. The minimum Gasteiger partial charge on any atom is -0.444 e. The van der Waals surface area contributed by atoms with Crippen molar-refractivity contribution in [2.75, 3.05) is 13.1 Å². The lowest BCUT2D eigenvalue weighted by Gasteiger charge is -2.33. The molecule has 1 atom stereocenters. The van der Waals surface area contributed by atoms with E-state index in [2.05, 4.69) is 0 Å². The SMILES string of the molecule is CC(C)(C)OC(=O)N1CCC(CCCC[C@H](O)c2ccccc2)CC1. The summed E-state index contributed by atoms with van der Waals surface area (Å²) in [5.74, 6) is 0.688. The number of piperidine rings is 1. The number of hydrogen-bond acceptors (Lipinski definition) is 3. The molecule has 1 N–H and O–H groups in total. The van der Waals surface area contributed by atoms with Crippen LogP contribution in [0.2, 0.25) is 0 Å². The van der Waals surface area contributed by atoms with Crippen LogP contribution in [0.4, 0.5) is 4.79 Å². The largest absolute Gasteiger partial charge is 0.444 e. The highest BCUT2D eigenvalue weighted by Crippen LogP contribution is 2.26. The second kappa shape index (κ2) is 9.23. The number of aliphatic hydroxyl groups is 1. The number of amides is 1. The van der Waals surface area contributed by atoms with Crippen LogP contribution in [-0.2, 0) is 4.74 Å². The van der Waals surface area contributed by atoms with Gasteiger partial charge in [0, 0.05) is 13.1 Å². The van der Waals surface area contributed by atoms with E-state index in [-0.39, 0.29) is 12.2 Å². The molecule has 0 spiro atoms. The molecule has 4 heteroatoms. The Balaban J connectivity index is 1.60. The molecule has 1 heterocycles. The fraction of sp³-hybridized carbons (Fsp3) is 0.667. The summed E-state index contributed by atoms with van der Waals surface area (Å²) in [6.07, 6.45) is 5.77. The second-order valence-electron chi connectivity index (χ2n) is 8.12. The molecule has 140 valence electrons. The number of likely N-dealkylation sites (tertiary alicyclic amines) is 1. The van der Waals surface area contributed by atoms with Crippen LogP contribution < -0.4 is 0 Å². The number of carbonyl (C=O) groups is 1. The summed E-state index contributed by atoms with van der Waals surface area (Å²) in [4.78, 5) is 13.9. The van der Waals surface area contributed by atoms with E-state index in [1.165, 1.54) is 6.42 Å². The van der Waals surface area contributed by atoms with Gasteiger partial charge >= 0.3 is 6.09 Å². The quantitative estimate of drug-likeness (QED) is 0.743. The van der Waals surface area contributed by atoms with Gasteiger partial charge in [-0.2, -0.15) is 0 Å². The van der Waals surface area contributed by atoms with E-state index in [1.54, 1.807) is 0 Å². The molecule has 0 radical (unpaired) electrons. The first-order valence-corrected chi connectivity index (χ1v) is 9.56. The number of nitrogens with zero attached hydrogens (tertiary/aromatic N) is 1. The van der Waals surface area contributed by atoms with Crippen molar-refractivity contribution < 1.29 is 14.6 Å². The zero-order valence-electron chi connectivity index (χ0n) is 15.9. The Morgan fingerprint density at radius 2 is 1.84 bits per heavy atom. The van der Waals surface area contributed by atoms with E-state index in [0.29, 0.717) is 5.92 Å². The van der Waals surface area contributed by atoms with Crippen LogP contribution in [0, 0.1) is 5.92 Å². The maximum Gasteiger partial charge on any atom is 0.410 e. The average Bonchev–Trinajstić information content (AvgIpc) is 2.58. The van der Waals surface area contributed by atoms with E-state index in [0.717, 1.165) is 50.8 Å². The normalized spacial score (nSPS) is 17.4. The third-order valence-electron chi connectivity index (χ3n) is 4.79. The summed E-state index contributed by atoms with van der Waals surface area (Å²) in [6, 6.07) is 9.88. The molecule has 1 fully saturated rings. The highest BCUT2D eigenvalue weighted by molar-refractivity contribution is 5.68. The molecule has 0 bridgehead atoms. The Hall–Kier alpha value is -1.55. The molecule has 1 aromatic carbocycles. The number of benzene rings is 1. The molecule has 1 aliphatic rings. The van der Waals surface area contributed by atoms with Crippen molar-refractivity contribution in [3.05, 3.63) is 35.9 Å². The molecular weight excluding hydrogens is 314 g/mol. The summed E-state index contributed by atoms with van der Waals surface area (Å²) in [7, 11) is 0. The standard InChI is InChI=1S/C21H33NO3/c1-21(2,3)25-20(24)22-15-13-17(14-16-22)9-7-8-12-19(23)18-10-5-4-6-11-18/h4-6,10-11,17,19,23H,7-9,12-16H2,1-3H3/t19-/m0/s1. The number of unbranched alkanes of at least 4 members (excludes halogenated alkanes) is 1. The first kappa shape index (κ1) is 19.8. The first-order chi connectivity index (χ1) is 11.8. The fourth-order valence-electron chi connectivity index (χ4n) is 3.34. The maximum absolute atomic E-state index is 12.1. The van der Waals surface area contributed by atoms with Crippen LogP contribution in [0.15, 0.2) is 30.3 Å². The van der Waals surface area contributed by atoms with Gasteiger partial charge < -0.3 is 14.7 Å². The molecule has 25 heavy (non-hydrogen) atoms. The predicted molar refractivity (Wildman–Crippen MR) is 100 cm³/mol. The van der Waals surface area contributed by atoms with E-state index >= 15 is 0 Å². The van der Waals surface area contributed by atoms with Crippen molar-refractivity contribution in [2.24, 2.45) is 5.92 Å². The maximum atomic E-state index is 12.1. The Morgan fingerprint density at radius 3 is 2.44 bits per heavy atom. The van der Waals surface area contributed by atoms with Crippen molar-refractivity contribution in [2.45, 2.75) is 71.0 Å². The van der Waals surface area contributed by atoms with Gasteiger partial charge in [-0.25, -0.2) is 4.79 Å². The third kappa shape index (κ3) is 7.07. The Labute approximate surface area is 152 Å². The van der Waals surface area contributed by atoms with Crippen LogP contribution in [-0.4, -0.2) is 34.8 Å². The molecule has 1 aromatic rings. The Kier molecular flexibility index (Phi) is 7.30. The van der Waals surface area contributed by atoms with Gasteiger partial charge in [0.25, 0.3) is 0 Å². The molecule has 0 aliphatic carbocycles. The van der Waals surface area contributed by atoms with Crippen molar-refractivity contribution >= 4 is 6.09 Å². The second-order valence-corrected chi connectivity index (χ2v) is 8.12. The molecule has 2 rings (SSSR count). The van der Waals surface area contributed by atoms with Gasteiger partial charge in [0.15, 0.2) is 0 Å².